The average molecular weight is 505 g/mol. The van der Waals surface area contributed by atoms with Crippen LogP contribution in [0, 0.1) is 6.92 Å². The van der Waals surface area contributed by atoms with Crippen molar-refractivity contribution in [1.29, 1.82) is 0 Å². The zero-order valence-corrected chi connectivity index (χ0v) is 18.7. The largest absolute Gasteiger partial charge is 0.491 e. The lowest BCUT2D eigenvalue weighted by Crippen LogP contribution is -2.43. The maximum absolute atomic E-state index is 11.6. The van der Waals surface area contributed by atoms with Crippen molar-refractivity contribution in [1.82, 2.24) is 20.9 Å². The van der Waals surface area contributed by atoms with Crippen LogP contribution in [0.2, 0.25) is 0 Å². The Balaban J connectivity index is 0.00000392. The van der Waals surface area contributed by atoms with E-state index >= 15 is 0 Å². The summed E-state index contributed by atoms with van der Waals surface area (Å²) in [5, 5.41) is 8.79. The molecule has 1 fully saturated rings. The third-order valence-electron chi connectivity index (χ3n) is 4.00. The second-order valence-corrected chi connectivity index (χ2v) is 6.01. The Kier molecular flexibility index (Phi) is 10.6. The maximum atomic E-state index is 11.6. The van der Waals surface area contributed by atoms with Gasteiger partial charge >= 0.3 is 6.03 Å². The van der Waals surface area contributed by atoms with E-state index in [9.17, 15) is 9.59 Å². The van der Waals surface area contributed by atoms with E-state index in [-0.39, 0.29) is 49.0 Å². The number of nitrogens with one attached hydrogen (secondary N) is 3. The van der Waals surface area contributed by atoms with Gasteiger partial charge in [0.15, 0.2) is 5.96 Å². The Morgan fingerprint density at radius 2 is 2.07 bits per heavy atom. The van der Waals surface area contributed by atoms with E-state index in [0.717, 1.165) is 16.9 Å². The maximum Gasteiger partial charge on any atom is 0.324 e. The summed E-state index contributed by atoms with van der Waals surface area (Å²) in [5.41, 5.74) is 2.11. The van der Waals surface area contributed by atoms with Gasteiger partial charge in [-0.15, -0.1) is 24.0 Å². The van der Waals surface area contributed by atoms with Crippen LogP contribution >= 0.6 is 24.0 Å². The smallest absolute Gasteiger partial charge is 0.324 e. The summed E-state index contributed by atoms with van der Waals surface area (Å²) in [7, 11) is 3.30. The predicted molar refractivity (Wildman–Crippen MR) is 117 cm³/mol. The molecule has 0 aliphatic carbocycles. The van der Waals surface area contributed by atoms with Gasteiger partial charge in [-0.05, 0) is 18.6 Å². The number of hydrogen-bond donors (Lipinski definition) is 3. The Labute approximate surface area is 182 Å². The quantitative estimate of drug-likeness (QED) is 0.151. The van der Waals surface area contributed by atoms with Crippen LogP contribution in [0.3, 0.4) is 0 Å². The molecule has 1 aromatic rings. The molecule has 1 saturated heterocycles. The monoisotopic (exact) mass is 505 g/mol. The van der Waals surface area contributed by atoms with Crippen molar-refractivity contribution < 1.29 is 19.1 Å². The van der Waals surface area contributed by atoms with Crippen LogP contribution in [0.5, 0.6) is 5.75 Å². The summed E-state index contributed by atoms with van der Waals surface area (Å²) in [6.07, 6.45) is 0. The van der Waals surface area contributed by atoms with Crippen LogP contribution in [-0.2, 0) is 16.1 Å². The van der Waals surface area contributed by atoms with Gasteiger partial charge in [-0.1, -0.05) is 12.1 Å². The number of benzene rings is 1. The summed E-state index contributed by atoms with van der Waals surface area (Å²) in [6.45, 7) is 4.27. The van der Waals surface area contributed by atoms with Crippen LogP contribution in [0.1, 0.15) is 11.1 Å². The summed E-state index contributed by atoms with van der Waals surface area (Å²) in [5.74, 6) is 1.15. The van der Waals surface area contributed by atoms with Gasteiger partial charge in [-0.25, -0.2) is 4.79 Å². The number of hydrogen-bond acceptors (Lipinski definition) is 5. The molecule has 3 N–H and O–H groups in total. The molecule has 0 saturated carbocycles. The van der Waals surface area contributed by atoms with Crippen molar-refractivity contribution in [2.75, 3.05) is 47.0 Å². The fraction of sp³-hybridized carbons (Fsp3) is 0.500. The van der Waals surface area contributed by atoms with Crippen molar-refractivity contribution in [3.63, 3.8) is 0 Å². The molecule has 156 valence electrons. The third kappa shape index (κ3) is 7.15. The molecule has 0 spiro atoms. The summed E-state index contributed by atoms with van der Waals surface area (Å²) in [4.78, 5) is 28.4. The highest BCUT2D eigenvalue weighted by Gasteiger charge is 2.27. The van der Waals surface area contributed by atoms with Crippen molar-refractivity contribution in [3.05, 3.63) is 29.3 Å². The number of rotatable bonds is 9. The Morgan fingerprint density at radius 3 is 2.71 bits per heavy atom. The van der Waals surface area contributed by atoms with Crippen LogP contribution in [0.4, 0.5) is 4.79 Å². The molecule has 0 bridgehead atoms. The first-order chi connectivity index (χ1) is 13.0. The molecule has 1 heterocycles. The van der Waals surface area contributed by atoms with Gasteiger partial charge in [0, 0.05) is 39.4 Å². The number of urea groups is 1. The topological polar surface area (TPSA) is 104 Å². The lowest BCUT2D eigenvalue weighted by Gasteiger charge is -2.17. The van der Waals surface area contributed by atoms with Crippen molar-refractivity contribution in [2.45, 2.75) is 13.5 Å². The number of imide groups is 1. The van der Waals surface area contributed by atoms with Gasteiger partial charge in [-0.3, -0.25) is 14.7 Å². The van der Waals surface area contributed by atoms with E-state index in [1.54, 1.807) is 14.2 Å². The van der Waals surface area contributed by atoms with E-state index in [4.69, 9.17) is 9.47 Å². The standard InChI is InChI=1S/C18H27N5O4.HI/c1-13-4-5-14(15(10-13)27-9-8-26-3)11-21-17(19-2)20-6-7-23-16(24)12-22-18(23)25;/h4-5,10H,6-9,11-12H2,1-3H3,(H,22,25)(H2,19,20,21);1H. The lowest BCUT2D eigenvalue weighted by atomic mass is 10.1. The summed E-state index contributed by atoms with van der Waals surface area (Å²) in [6, 6.07) is 5.65. The van der Waals surface area contributed by atoms with Gasteiger partial charge in [0.2, 0.25) is 5.91 Å². The first kappa shape index (κ1) is 24.0. The molecule has 10 heteroatoms. The minimum atomic E-state index is -0.359. The summed E-state index contributed by atoms with van der Waals surface area (Å²) < 4.78 is 10.8. The minimum absolute atomic E-state index is 0. The fourth-order valence-electron chi connectivity index (χ4n) is 2.54. The molecule has 0 aromatic heterocycles. The highest BCUT2D eigenvalue weighted by Crippen LogP contribution is 2.20. The second kappa shape index (κ2) is 12.4. The number of carbonyl (C=O) groups excluding carboxylic acids is 2. The van der Waals surface area contributed by atoms with Gasteiger partial charge in [0.1, 0.15) is 12.4 Å². The number of halogens is 1. The first-order valence-electron chi connectivity index (χ1n) is 8.79. The molecule has 1 aromatic carbocycles. The number of aryl methyl sites for hydroxylation is 1. The van der Waals surface area contributed by atoms with Gasteiger partial charge in [0.05, 0.1) is 13.2 Å². The molecule has 9 nitrogen and oxygen atoms in total. The average Bonchev–Trinajstić information content (AvgIpc) is 2.97. The molecular formula is C18H28IN5O4. The molecule has 1 aliphatic rings. The lowest BCUT2D eigenvalue weighted by molar-refractivity contribution is -0.124. The van der Waals surface area contributed by atoms with Gasteiger partial charge in [0.25, 0.3) is 0 Å². The number of carbonyl (C=O) groups is 2. The van der Waals surface area contributed by atoms with Crippen molar-refractivity contribution >= 4 is 41.9 Å². The number of aliphatic imine (C=N–C) groups is 1. The normalized spacial score (nSPS) is 13.8. The molecule has 0 atom stereocenters. The van der Waals surface area contributed by atoms with Gasteiger partial charge in [-0.2, -0.15) is 0 Å². The zero-order valence-electron chi connectivity index (χ0n) is 16.4. The second-order valence-electron chi connectivity index (χ2n) is 6.01. The van der Waals surface area contributed by atoms with Crippen LogP contribution < -0.4 is 20.7 Å². The number of nitrogens with zero attached hydrogens (tertiary/aromatic N) is 2. The molecule has 0 radical (unpaired) electrons. The van der Waals surface area contributed by atoms with Crippen LogP contribution in [-0.4, -0.2) is 69.8 Å². The first-order valence-corrected chi connectivity index (χ1v) is 8.79. The molecular weight excluding hydrogens is 477 g/mol. The number of amides is 3. The van der Waals surface area contributed by atoms with Crippen LogP contribution in [0.15, 0.2) is 23.2 Å². The Hall–Kier alpha value is -2.08. The van der Waals surface area contributed by atoms with Crippen molar-refractivity contribution in [2.24, 2.45) is 4.99 Å². The van der Waals surface area contributed by atoms with Crippen molar-refractivity contribution in [3.8, 4) is 5.75 Å². The van der Waals surface area contributed by atoms with E-state index in [1.165, 1.54) is 4.90 Å². The highest BCUT2D eigenvalue weighted by atomic mass is 127. The zero-order chi connectivity index (χ0) is 19.6. The van der Waals surface area contributed by atoms with Crippen LogP contribution in [0.25, 0.3) is 0 Å². The Bertz CT molecular complexity index is 683. The van der Waals surface area contributed by atoms with Gasteiger partial charge < -0.3 is 25.4 Å². The Morgan fingerprint density at radius 1 is 1.29 bits per heavy atom. The molecule has 3 amide bonds. The minimum Gasteiger partial charge on any atom is -0.491 e. The predicted octanol–water partition coefficient (Wildman–Crippen LogP) is 0.855. The number of ether oxygens (including phenoxy) is 2. The molecule has 0 unspecified atom stereocenters. The molecule has 28 heavy (non-hydrogen) atoms. The SMILES string of the molecule is CN=C(NCCN1C(=O)CNC1=O)NCc1ccc(C)cc1OCCOC.I. The van der Waals surface area contributed by atoms with E-state index < -0.39 is 0 Å². The highest BCUT2D eigenvalue weighted by molar-refractivity contribution is 14.0. The van der Waals surface area contributed by atoms with E-state index in [0.29, 0.717) is 32.3 Å². The number of guanidine groups is 1. The third-order valence-corrected chi connectivity index (χ3v) is 4.00. The molecule has 1 aliphatic heterocycles. The molecule has 2 rings (SSSR count). The van der Waals surface area contributed by atoms with E-state index in [1.807, 2.05) is 25.1 Å². The fourth-order valence-corrected chi connectivity index (χ4v) is 2.54. The number of methoxy groups -OCH3 is 1. The summed E-state index contributed by atoms with van der Waals surface area (Å²) >= 11 is 0. The van der Waals surface area contributed by atoms with E-state index in [2.05, 4.69) is 20.9 Å².